The van der Waals surface area contributed by atoms with Crippen LogP contribution in [0.4, 0.5) is 0 Å². The van der Waals surface area contributed by atoms with E-state index in [1.165, 1.54) is 0 Å². The third-order valence-electron chi connectivity index (χ3n) is 11.1. The molecule has 0 bridgehead atoms. The van der Waals surface area contributed by atoms with Crippen molar-refractivity contribution in [2.24, 2.45) is 0 Å². The van der Waals surface area contributed by atoms with Gasteiger partial charge >= 0.3 is 0 Å². The smallest absolute Gasteiger partial charge is 0.164 e. The van der Waals surface area contributed by atoms with Crippen LogP contribution in [0.25, 0.3) is 113 Å². The summed E-state index contributed by atoms with van der Waals surface area (Å²) in [5.74, 6) is 3.69. The summed E-state index contributed by atoms with van der Waals surface area (Å²) >= 11 is 0. The lowest BCUT2D eigenvalue weighted by Crippen LogP contribution is -2.01. The summed E-state index contributed by atoms with van der Waals surface area (Å²) in [4.78, 5) is 30.2. The van der Waals surface area contributed by atoms with E-state index in [1.54, 1.807) is 0 Å². The molecule has 0 radical (unpaired) electrons. The van der Waals surface area contributed by atoms with Crippen LogP contribution in [0.2, 0.25) is 0 Å². The molecule has 0 amide bonds. The molecule has 3 heterocycles. The van der Waals surface area contributed by atoms with Gasteiger partial charge in [-0.1, -0.05) is 175 Å². The first-order valence-electron chi connectivity index (χ1n) is 20.5. The molecule has 11 aromatic rings. The van der Waals surface area contributed by atoms with Crippen molar-refractivity contribution in [1.82, 2.24) is 29.9 Å². The predicted octanol–water partition coefficient (Wildman–Crippen LogP) is 13.6. The first-order valence-corrected chi connectivity index (χ1v) is 20.5. The zero-order chi connectivity index (χ0) is 41.4. The number of aryl methyl sites for hydroxylation is 1. The van der Waals surface area contributed by atoms with Gasteiger partial charge in [-0.25, -0.2) is 29.9 Å². The number of furan rings is 1. The summed E-state index contributed by atoms with van der Waals surface area (Å²) < 4.78 is 6.47. The van der Waals surface area contributed by atoms with Crippen molar-refractivity contribution in [3.8, 4) is 90.6 Å². The number of hydrogen-bond acceptors (Lipinski definition) is 7. The highest BCUT2D eigenvalue weighted by Crippen LogP contribution is 2.40. The molecule has 0 fully saturated rings. The quantitative estimate of drug-likeness (QED) is 0.151. The SMILES string of the molecule is Cc1cccc(-c2nc(-c3ccccc3)nc(-c3ccccc3-c3ccc4oc5ccc(-c6ccccc6-c6nc(-c7ccccc7)nc(-c7ccccc7)n6)cc5c4c3)n2)c1. The standard InChI is InChI=1S/C55H36N6O/c1-35-16-15-23-41(32-35)53-57-52(38-21-9-4-10-22-38)60-55(61-53)45-27-14-12-25-43(45)40-29-31-49-47(34-40)46-33-39(28-30-48(46)62-49)42-24-11-13-26-44(42)54-58-50(36-17-5-2-6-18-36)56-51(59-54)37-19-7-3-8-20-37/h2-34H,1H3. The van der Waals surface area contributed by atoms with Crippen molar-refractivity contribution in [3.05, 3.63) is 206 Å². The van der Waals surface area contributed by atoms with Gasteiger partial charge in [-0.05, 0) is 59.5 Å². The number of fused-ring (bicyclic) bond motifs is 3. The Morgan fingerprint density at radius 2 is 0.629 bits per heavy atom. The van der Waals surface area contributed by atoms with E-state index in [4.69, 9.17) is 34.3 Å². The zero-order valence-corrected chi connectivity index (χ0v) is 33.6. The number of benzene rings is 8. The molecule has 0 saturated heterocycles. The minimum atomic E-state index is 0.601. The van der Waals surface area contributed by atoms with Crippen molar-refractivity contribution < 1.29 is 4.42 Å². The van der Waals surface area contributed by atoms with E-state index in [0.29, 0.717) is 34.9 Å². The van der Waals surface area contributed by atoms with Gasteiger partial charge in [0, 0.05) is 44.2 Å². The van der Waals surface area contributed by atoms with E-state index in [1.807, 2.05) is 115 Å². The lowest BCUT2D eigenvalue weighted by Gasteiger charge is -2.12. The second-order valence-corrected chi connectivity index (χ2v) is 15.2. The van der Waals surface area contributed by atoms with Gasteiger partial charge in [-0.15, -0.1) is 0 Å². The van der Waals surface area contributed by atoms with Crippen molar-refractivity contribution in [2.45, 2.75) is 6.92 Å². The van der Waals surface area contributed by atoms with E-state index >= 15 is 0 Å². The maximum absolute atomic E-state index is 6.47. The predicted molar refractivity (Wildman–Crippen MR) is 249 cm³/mol. The molecule has 0 aliphatic carbocycles. The summed E-state index contributed by atoms with van der Waals surface area (Å²) in [6.45, 7) is 2.08. The first kappa shape index (κ1) is 36.6. The molecule has 11 rings (SSSR count). The second-order valence-electron chi connectivity index (χ2n) is 15.2. The Morgan fingerprint density at radius 1 is 0.274 bits per heavy atom. The van der Waals surface area contributed by atoms with Crippen LogP contribution in [0.1, 0.15) is 5.56 Å². The number of nitrogens with zero attached hydrogens (tertiary/aromatic N) is 6. The fraction of sp³-hybridized carbons (Fsp3) is 0.0182. The zero-order valence-electron chi connectivity index (χ0n) is 33.6. The Balaban J connectivity index is 1.03. The average Bonchev–Trinajstić information content (AvgIpc) is 3.72. The summed E-state index contributed by atoms with van der Waals surface area (Å²) in [6.07, 6.45) is 0. The Labute approximate surface area is 358 Å². The van der Waals surface area contributed by atoms with Crippen LogP contribution in [0.15, 0.2) is 205 Å². The summed E-state index contributed by atoms with van der Waals surface area (Å²) in [5.41, 5.74) is 12.3. The van der Waals surface area contributed by atoms with Gasteiger partial charge in [0.25, 0.3) is 0 Å². The van der Waals surface area contributed by atoms with Crippen LogP contribution >= 0.6 is 0 Å². The number of aromatic nitrogens is 6. The van der Waals surface area contributed by atoms with Crippen molar-refractivity contribution in [2.75, 3.05) is 0 Å². The molecule has 0 unspecified atom stereocenters. The average molecular weight is 797 g/mol. The summed E-state index contributed by atoms with van der Waals surface area (Å²) in [6, 6.07) is 67.8. The largest absolute Gasteiger partial charge is 0.456 e. The molecular weight excluding hydrogens is 761 g/mol. The van der Waals surface area contributed by atoms with Crippen LogP contribution in [-0.2, 0) is 0 Å². The lowest BCUT2D eigenvalue weighted by molar-refractivity contribution is 0.669. The molecule has 0 N–H and O–H groups in total. The van der Waals surface area contributed by atoms with Gasteiger partial charge < -0.3 is 4.42 Å². The van der Waals surface area contributed by atoms with Crippen LogP contribution in [0.3, 0.4) is 0 Å². The fourth-order valence-corrected chi connectivity index (χ4v) is 8.03. The molecular formula is C55H36N6O. The van der Waals surface area contributed by atoms with E-state index in [2.05, 4.69) is 91.9 Å². The fourth-order valence-electron chi connectivity index (χ4n) is 8.03. The van der Waals surface area contributed by atoms with Crippen molar-refractivity contribution in [3.63, 3.8) is 0 Å². The Kier molecular flexibility index (Phi) is 9.24. The molecule has 8 aromatic carbocycles. The second kappa shape index (κ2) is 15.6. The highest BCUT2D eigenvalue weighted by Gasteiger charge is 2.19. The summed E-state index contributed by atoms with van der Waals surface area (Å²) in [7, 11) is 0. The van der Waals surface area contributed by atoms with Crippen molar-refractivity contribution in [1.29, 1.82) is 0 Å². The molecule has 0 saturated carbocycles. The third-order valence-corrected chi connectivity index (χ3v) is 11.1. The molecule has 0 atom stereocenters. The monoisotopic (exact) mass is 796 g/mol. The van der Waals surface area contributed by atoms with Crippen LogP contribution in [0, 0.1) is 6.92 Å². The van der Waals surface area contributed by atoms with E-state index in [0.717, 1.165) is 83.1 Å². The third kappa shape index (κ3) is 6.97. The highest BCUT2D eigenvalue weighted by atomic mass is 16.3. The molecule has 292 valence electrons. The molecule has 7 nitrogen and oxygen atoms in total. The first-order chi connectivity index (χ1) is 30.6. The molecule has 7 heteroatoms. The molecule has 3 aromatic heterocycles. The van der Waals surface area contributed by atoms with Crippen LogP contribution in [0.5, 0.6) is 0 Å². The highest BCUT2D eigenvalue weighted by molar-refractivity contribution is 6.08. The summed E-state index contributed by atoms with van der Waals surface area (Å²) in [5, 5.41) is 2.01. The van der Waals surface area contributed by atoms with Crippen LogP contribution in [-0.4, -0.2) is 29.9 Å². The lowest BCUT2D eigenvalue weighted by atomic mass is 9.95. The van der Waals surface area contributed by atoms with E-state index in [9.17, 15) is 0 Å². The Morgan fingerprint density at radius 3 is 1.05 bits per heavy atom. The topological polar surface area (TPSA) is 90.5 Å². The van der Waals surface area contributed by atoms with Gasteiger partial charge in [-0.2, -0.15) is 0 Å². The van der Waals surface area contributed by atoms with Gasteiger partial charge in [0.05, 0.1) is 0 Å². The molecule has 0 spiro atoms. The molecule has 62 heavy (non-hydrogen) atoms. The van der Waals surface area contributed by atoms with Crippen molar-refractivity contribution >= 4 is 21.9 Å². The minimum absolute atomic E-state index is 0.601. The maximum atomic E-state index is 6.47. The van der Waals surface area contributed by atoms with E-state index < -0.39 is 0 Å². The van der Waals surface area contributed by atoms with Crippen LogP contribution < -0.4 is 0 Å². The number of rotatable bonds is 8. The Hall–Kier alpha value is -8.42. The van der Waals surface area contributed by atoms with Gasteiger partial charge in [0.15, 0.2) is 34.9 Å². The van der Waals surface area contributed by atoms with Gasteiger partial charge in [0.2, 0.25) is 0 Å². The van der Waals surface area contributed by atoms with Gasteiger partial charge in [0.1, 0.15) is 11.2 Å². The molecule has 0 aliphatic heterocycles. The normalized spacial score (nSPS) is 11.3. The minimum Gasteiger partial charge on any atom is -0.456 e. The molecule has 0 aliphatic rings. The number of hydrogen-bond donors (Lipinski definition) is 0. The van der Waals surface area contributed by atoms with Gasteiger partial charge in [-0.3, -0.25) is 0 Å². The maximum Gasteiger partial charge on any atom is 0.164 e. The Bertz CT molecular complexity index is 3360. The van der Waals surface area contributed by atoms with E-state index in [-0.39, 0.29) is 0 Å².